The molecule has 2 atom stereocenters. The van der Waals surface area contributed by atoms with Crippen LogP contribution in [-0.4, -0.2) is 45.6 Å². The summed E-state index contributed by atoms with van der Waals surface area (Å²) in [5, 5.41) is 17.2. The number of nitrogens with zero attached hydrogens (tertiary/aromatic N) is 2. The summed E-state index contributed by atoms with van der Waals surface area (Å²) in [6.07, 6.45) is 6.40. The van der Waals surface area contributed by atoms with E-state index in [-0.39, 0.29) is 6.10 Å². The largest absolute Gasteiger partial charge is 0.390 e. The zero-order chi connectivity index (χ0) is 11.8. The molecule has 0 aliphatic rings. The smallest absolute Gasteiger partial charge is 0.0860 e. The molecule has 16 heavy (non-hydrogen) atoms. The van der Waals surface area contributed by atoms with Crippen molar-refractivity contribution in [2.45, 2.75) is 32.0 Å². The number of aliphatic hydroxyl groups excluding tert-OH is 1. The minimum Gasteiger partial charge on any atom is -0.390 e. The van der Waals surface area contributed by atoms with E-state index in [0.29, 0.717) is 19.1 Å². The molecule has 0 aliphatic carbocycles. The van der Waals surface area contributed by atoms with Crippen molar-refractivity contribution in [3.05, 3.63) is 18.5 Å². The van der Waals surface area contributed by atoms with Gasteiger partial charge in [0.2, 0.25) is 0 Å². The number of hydrogen-bond donors (Lipinski definition) is 2. The molecular formula is C11H21N3OS. The number of aliphatic hydroxyl groups is 1. The van der Waals surface area contributed by atoms with Crippen LogP contribution in [0.3, 0.4) is 0 Å². The standard InChI is InChI=1S/C11H21N3OS/c1-3-10(9-16-2)12-7-11(15)8-14-6-4-5-13-14/h4-6,10-12,15H,3,7-9H2,1-2H3. The van der Waals surface area contributed by atoms with Gasteiger partial charge in [0.15, 0.2) is 0 Å². The molecule has 0 fully saturated rings. The summed E-state index contributed by atoms with van der Waals surface area (Å²) in [5.41, 5.74) is 0. The molecule has 4 nitrogen and oxygen atoms in total. The Bertz CT molecular complexity index is 266. The van der Waals surface area contributed by atoms with E-state index in [9.17, 15) is 5.11 Å². The van der Waals surface area contributed by atoms with Crippen molar-refractivity contribution >= 4 is 11.8 Å². The molecule has 2 unspecified atom stereocenters. The van der Waals surface area contributed by atoms with Gasteiger partial charge in [-0.1, -0.05) is 6.92 Å². The summed E-state index contributed by atoms with van der Waals surface area (Å²) in [6, 6.07) is 2.35. The van der Waals surface area contributed by atoms with Gasteiger partial charge >= 0.3 is 0 Å². The molecule has 0 amide bonds. The fourth-order valence-corrected chi connectivity index (χ4v) is 2.27. The van der Waals surface area contributed by atoms with Crippen LogP contribution in [0.25, 0.3) is 0 Å². The molecule has 0 saturated heterocycles. The molecule has 0 bridgehead atoms. The van der Waals surface area contributed by atoms with Crippen LogP contribution in [0.4, 0.5) is 0 Å². The zero-order valence-corrected chi connectivity index (χ0v) is 10.8. The van der Waals surface area contributed by atoms with Crippen LogP contribution in [0.15, 0.2) is 18.5 Å². The van der Waals surface area contributed by atoms with E-state index in [1.807, 2.05) is 24.0 Å². The van der Waals surface area contributed by atoms with Gasteiger partial charge in [-0.25, -0.2) is 0 Å². The Morgan fingerprint density at radius 3 is 2.94 bits per heavy atom. The van der Waals surface area contributed by atoms with Gasteiger partial charge in [-0.15, -0.1) is 0 Å². The second-order valence-electron chi connectivity index (χ2n) is 3.85. The highest BCUT2D eigenvalue weighted by atomic mass is 32.2. The van der Waals surface area contributed by atoms with Gasteiger partial charge < -0.3 is 10.4 Å². The molecule has 5 heteroatoms. The van der Waals surface area contributed by atoms with Gasteiger partial charge in [-0.2, -0.15) is 16.9 Å². The molecule has 0 saturated carbocycles. The highest BCUT2D eigenvalue weighted by molar-refractivity contribution is 7.98. The summed E-state index contributed by atoms with van der Waals surface area (Å²) >= 11 is 1.83. The first-order valence-electron chi connectivity index (χ1n) is 5.64. The minimum atomic E-state index is -0.379. The van der Waals surface area contributed by atoms with Gasteiger partial charge in [-0.05, 0) is 18.7 Å². The van der Waals surface area contributed by atoms with Crippen LogP contribution in [0, 0.1) is 0 Å². The first kappa shape index (κ1) is 13.5. The SMILES string of the molecule is CCC(CSC)NCC(O)Cn1cccn1. The van der Waals surface area contributed by atoms with Crippen molar-refractivity contribution < 1.29 is 5.11 Å². The highest BCUT2D eigenvalue weighted by Crippen LogP contribution is 2.01. The first-order chi connectivity index (χ1) is 7.76. The van der Waals surface area contributed by atoms with E-state index >= 15 is 0 Å². The topological polar surface area (TPSA) is 50.1 Å². The molecule has 1 heterocycles. The first-order valence-corrected chi connectivity index (χ1v) is 7.03. The van der Waals surface area contributed by atoms with Crippen LogP contribution in [-0.2, 0) is 6.54 Å². The van der Waals surface area contributed by atoms with Crippen molar-refractivity contribution in [2.75, 3.05) is 18.6 Å². The third-order valence-electron chi connectivity index (χ3n) is 2.46. The maximum atomic E-state index is 9.80. The van der Waals surface area contributed by atoms with E-state index in [2.05, 4.69) is 23.6 Å². The lowest BCUT2D eigenvalue weighted by molar-refractivity contribution is 0.143. The quantitative estimate of drug-likeness (QED) is 0.714. The van der Waals surface area contributed by atoms with Crippen LogP contribution >= 0.6 is 11.8 Å². The van der Waals surface area contributed by atoms with Crippen molar-refractivity contribution in [1.29, 1.82) is 0 Å². The number of hydrogen-bond acceptors (Lipinski definition) is 4. The zero-order valence-electron chi connectivity index (χ0n) is 9.97. The number of nitrogens with one attached hydrogen (secondary N) is 1. The van der Waals surface area contributed by atoms with E-state index in [1.54, 1.807) is 10.9 Å². The summed E-state index contributed by atoms with van der Waals surface area (Å²) in [4.78, 5) is 0. The Kier molecular flexibility index (Phi) is 6.52. The van der Waals surface area contributed by atoms with E-state index in [4.69, 9.17) is 0 Å². The Balaban J connectivity index is 2.21. The van der Waals surface area contributed by atoms with E-state index < -0.39 is 0 Å². The molecule has 2 N–H and O–H groups in total. The molecule has 0 spiro atoms. The molecule has 1 rings (SSSR count). The van der Waals surface area contributed by atoms with Gasteiger partial charge in [0.25, 0.3) is 0 Å². The van der Waals surface area contributed by atoms with Crippen molar-refractivity contribution in [1.82, 2.24) is 15.1 Å². The van der Waals surface area contributed by atoms with Crippen LogP contribution < -0.4 is 5.32 Å². The van der Waals surface area contributed by atoms with Crippen LogP contribution in [0.2, 0.25) is 0 Å². The minimum absolute atomic E-state index is 0.379. The maximum absolute atomic E-state index is 9.80. The van der Waals surface area contributed by atoms with Gasteiger partial charge in [0, 0.05) is 30.7 Å². The Labute approximate surface area is 101 Å². The summed E-state index contributed by atoms with van der Waals surface area (Å²) in [7, 11) is 0. The number of thioether (sulfide) groups is 1. The highest BCUT2D eigenvalue weighted by Gasteiger charge is 2.09. The fraction of sp³-hybridized carbons (Fsp3) is 0.727. The Morgan fingerprint density at radius 2 is 2.38 bits per heavy atom. The lowest BCUT2D eigenvalue weighted by Gasteiger charge is -2.18. The summed E-state index contributed by atoms with van der Waals surface area (Å²) < 4.78 is 1.75. The summed E-state index contributed by atoms with van der Waals surface area (Å²) in [6.45, 7) is 3.34. The monoisotopic (exact) mass is 243 g/mol. The van der Waals surface area contributed by atoms with Gasteiger partial charge in [0.1, 0.15) is 0 Å². The fourth-order valence-electron chi connectivity index (χ4n) is 1.51. The van der Waals surface area contributed by atoms with E-state index in [1.165, 1.54) is 0 Å². The second-order valence-corrected chi connectivity index (χ2v) is 4.76. The molecule has 1 aromatic rings. The molecule has 0 aliphatic heterocycles. The second kappa shape index (κ2) is 7.70. The lowest BCUT2D eigenvalue weighted by atomic mass is 10.2. The van der Waals surface area contributed by atoms with Crippen molar-refractivity contribution in [3.63, 3.8) is 0 Å². The lowest BCUT2D eigenvalue weighted by Crippen LogP contribution is -2.38. The third-order valence-corrected chi connectivity index (χ3v) is 3.20. The van der Waals surface area contributed by atoms with Crippen molar-refractivity contribution in [2.24, 2.45) is 0 Å². The average molecular weight is 243 g/mol. The predicted octanol–water partition coefficient (Wildman–Crippen LogP) is 0.975. The molecule has 0 radical (unpaired) electrons. The Morgan fingerprint density at radius 1 is 1.56 bits per heavy atom. The molecule has 92 valence electrons. The Hall–Kier alpha value is -0.520. The number of aromatic nitrogens is 2. The van der Waals surface area contributed by atoms with E-state index in [0.717, 1.165) is 12.2 Å². The molecule has 1 aromatic heterocycles. The average Bonchev–Trinajstić information content (AvgIpc) is 2.76. The van der Waals surface area contributed by atoms with Gasteiger partial charge in [0.05, 0.1) is 12.6 Å². The van der Waals surface area contributed by atoms with Gasteiger partial charge in [-0.3, -0.25) is 4.68 Å². The third kappa shape index (κ3) is 5.01. The molecule has 0 aromatic carbocycles. The van der Waals surface area contributed by atoms with Crippen LogP contribution in [0.1, 0.15) is 13.3 Å². The molecular weight excluding hydrogens is 222 g/mol. The predicted molar refractivity (Wildman–Crippen MR) is 68.7 cm³/mol. The maximum Gasteiger partial charge on any atom is 0.0860 e. The van der Waals surface area contributed by atoms with Crippen molar-refractivity contribution in [3.8, 4) is 0 Å². The summed E-state index contributed by atoms with van der Waals surface area (Å²) in [5.74, 6) is 1.09. The van der Waals surface area contributed by atoms with Crippen LogP contribution in [0.5, 0.6) is 0 Å². The number of rotatable bonds is 8. The normalized spacial score (nSPS) is 14.9.